The van der Waals surface area contributed by atoms with Gasteiger partial charge < -0.3 is 5.32 Å². The molecule has 1 aliphatic heterocycles. The molecule has 0 saturated carbocycles. The molecular formula is C12H17N. The topological polar surface area (TPSA) is 12.0 Å². The molecule has 1 saturated heterocycles. The van der Waals surface area contributed by atoms with Crippen molar-refractivity contribution in [2.75, 3.05) is 6.54 Å². The van der Waals surface area contributed by atoms with E-state index in [0.717, 1.165) is 12.5 Å². The quantitative estimate of drug-likeness (QED) is 0.691. The molecule has 1 aromatic carbocycles. The van der Waals surface area contributed by atoms with Gasteiger partial charge in [0.2, 0.25) is 0 Å². The zero-order valence-electron chi connectivity index (χ0n) is 8.59. The molecule has 1 heteroatoms. The lowest BCUT2D eigenvalue weighted by Gasteiger charge is -2.37. The molecule has 0 radical (unpaired) electrons. The number of hydrogen-bond donors (Lipinski definition) is 1. The lowest BCUT2D eigenvalue weighted by Crippen LogP contribution is -2.44. The molecule has 13 heavy (non-hydrogen) atoms. The highest BCUT2D eigenvalue weighted by atomic mass is 15.0. The van der Waals surface area contributed by atoms with Crippen molar-refractivity contribution in [2.24, 2.45) is 5.92 Å². The molecule has 0 spiro atoms. The predicted octanol–water partition coefficient (Wildman–Crippen LogP) is 2.58. The highest BCUT2D eigenvalue weighted by Crippen LogP contribution is 2.31. The van der Waals surface area contributed by atoms with Gasteiger partial charge in [0.05, 0.1) is 0 Å². The molecule has 1 aliphatic rings. The van der Waals surface area contributed by atoms with E-state index in [2.05, 4.69) is 44.3 Å². The van der Waals surface area contributed by atoms with E-state index in [-0.39, 0.29) is 0 Å². The summed E-state index contributed by atoms with van der Waals surface area (Å²) < 4.78 is 0. The highest BCUT2D eigenvalue weighted by molar-refractivity contribution is 5.34. The number of rotatable bonds is 1. The maximum atomic E-state index is 3.48. The number of hydrogen-bond acceptors (Lipinski definition) is 1. The van der Waals surface area contributed by atoms with Crippen LogP contribution in [0.25, 0.3) is 0 Å². The number of nitrogens with one attached hydrogen (secondary N) is 1. The van der Waals surface area contributed by atoms with E-state index in [0.29, 0.717) is 6.04 Å². The van der Waals surface area contributed by atoms with Gasteiger partial charge in [0, 0.05) is 12.6 Å². The first-order valence-corrected chi connectivity index (χ1v) is 4.99. The third kappa shape index (κ3) is 1.49. The van der Waals surface area contributed by atoms with Gasteiger partial charge in [-0.1, -0.05) is 30.7 Å². The van der Waals surface area contributed by atoms with Crippen LogP contribution in [0.1, 0.15) is 29.7 Å². The molecule has 2 atom stereocenters. The Morgan fingerprint density at radius 1 is 1.31 bits per heavy atom. The van der Waals surface area contributed by atoms with Gasteiger partial charge in [-0.25, -0.2) is 0 Å². The fourth-order valence-corrected chi connectivity index (χ4v) is 1.98. The van der Waals surface area contributed by atoms with Gasteiger partial charge in [0.1, 0.15) is 0 Å². The van der Waals surface area contributed by atoms with Crippen LogP contribution in [-0.2, 0) is 0 Å². The normalized spacial score (nSPS) is 27.0. The van der Waals surface area contributed by atoms with Crippen molar-refractivity contribution in [3.05, 3.63) is 34.9 Å². The summed E-state index contributed by atoms with van der Waals surface area (Å²) >= 11 is 0. The molecule has 2 unspecified atom stereocenters. The second-order valence-corrected chi connectivity index (χ2v) is 4.22. The van der Waals surface area contributed by atoms with Gasteiger partial charge >= 0.3 is 0 Å². The van der Waals surface area contributed by atoms with Crippen LogP contribution in [0, 0.1) is 19.8 Å². The van der Waals surface area contributed by atoms with E-state index in [1.165, 1.54) is 16.7 Å². The smallest absolute Gasteiger partial charge is 0.0361 e. The fourth-order valence-electron chi connectivity index (χ4n) is 1.98. The van der Waals surface area contributed by atoms with Crippen molar-refractivity contribution in [1.29, 1.82) is 0 Å². The molecule has 1 N–H and O–H groups in total. The monoisotopic (exact) mass is 175 g/mol. The zero-order valence-corrected chi connectivity index (χ0v) is 8.59. The summed E-state index contributed by atoms with van der Waals surface area (Å²) in [6, 6.07) is 7.31. The van der Waals surface area contributed by atoms with Crippen LogP contribution in [0.15, 0.2) is 18.2 Å². The van der Waals surface area contributed by atoms with E-state index >= 15 is 0 Å². The van der Waals surface area contributed by atoms with Crippen LogP contribution >= 0.6 is 0 Å². The van der Waals surface area contributed by atoms with Crippen LogP contribution in [0.3, 0.4) is 0 Å². The van der Waals surface area contributed by atoms with Gasteiger partial charge in [0.25, 0.3) is 0 Å². The molecule has 0 bridgehead atoms. The fraction of sp³-hybridized carbons (Fsp3) is 0.500. The minimum absolute atomic E-state index is 0.597. The Bertz CT molecular complexity index is 317. The summed E-state index contributed by atoms with van der Waals surface area (Å²) in [5, 5.41) is 3.48. The van der Waals surface area contributed by atoms with Crippen molar-refractivity contribution >= 4 is 0 Å². The summed E-state index contributed by atoms with van der Waals surface area (Å²) in [7, 11) is 0. The lowest BCUT2D eigenvalue weighted by atomic mass is 9.85. The number of aryl methyl sites for hydroxylation is 2. The number of benzene rings is 1. The molecule has 0 aliphatic carbocycles. The Labute approximate surface area is 80.2 Å². The summed E-state index contributed by atoms with van der Waals surface area (Å²) in [4.78, 5) is 0. The lowest BCUT2D eigenvalue weighted by molar-refractivity contribution is 0.257. The molecule has 1 nitrogen and oxygen atoms in total. The van der Waals surface area contributed by atoms with Crippen molar-refractivity contribution in [3.8, 4) is 0 Å². The first kappa shape index (κ1) is 8.76. The van der Waals surface area contributed by atoms with E-state index in [9.17, 15) is 0 Å². The molecule has 0 aromatic heterocycles. The average molecular weight is 175 g/mol. The summed E-state index contributed by atoms with van der Waals surface area (Å²) in [6.07, 6.45) is 0. The molecule has 1 aromatic rings. The molecule has 70 valence electrons. The molecule has 0 amide bonds. The summed E-state index contributed by atoms with van der Waals surface area (Å²) in [5.74, 6) is 0.792. The Morgan fingerprint density at radius 3 is 2.62 bits per heavy atom. The van der Waals surface area contributed by atoms with E-state index in [4.69, 9.17) is 0 Å². The van der Waals surface area contributed by atoms with Gasteiger partial charge in [-0.2, -0.15) is 0 Å². The van der Waals surface area contributed by atoms with Gasteiger partial charge in [0.15, 0.2) is 0 Å². The van der Waals surface area contributed by atoms with Crippen LogP contribution in [-0.4, -0.2) is 6.54 Å². The van der Waals surface area contributed by atoms with Crippen molar-refractivity contribution in [3.63, 3.8) is 0 Å². The van der Waals surface area contributed by atoms with Crippen molar-refractivity contribution in [2.45, 2.75) is 26.8 Å². The summed E-state index contributed by atoms with van der Waals surface area (Å²) in [5.41, 5.74) is 4.26. The first-order chi connectivity index (χ1) is 6.18. The third-order valence-corrected chi connectivity index (χ3v) is 3.00. The van der Waals surface area contributed by atoms with Crippen LogP contribution in [0.2, 0.25) is 0 Å². The van der Waals surface area contributed by atoms with Gasteiger partial charge in [-0.3, -0.25) is 0 Å². The van der Waals surface area contributed by atoms with Crippen molar-refractivity contribution in [1.82, 2.24) is 5.32 Å². The Balaban J connectivity index is 2.33. The Hall–Kier alpha value is -0.820. The highest BCUT2D eigenvalue weighted by Gasteiger charge is 2.28. The van der Waals surface area contributed by atoms with Gasteiger partial charge in [-0.05, 0) is 30.9 Å². The predicted molar refractivity (Wildman–Crippen MR) is 55.8 cm³/mol. The minimum atomic E-state index is 0.597. The second-order valence-electron chi connectivity index (χ2n) is 4.22. The second kappa shape index (κ2) is 3.15. The van der Waals surface area contributed by atoms with Crippen LogP contribution < -0.4 is 5.32 Å². The van der Waals surface area contributed by atoms with Crippen LogP contribution in [0.4, 0.5) is 0 Å². The molecular weight excluding hydrogens is 158 g/mol. The summed E-state index contributed by atoms with van der Waals surface area (Å²) in [6.45, 7) is 7.83. The molecule has 2 rings (SSSR count). The Kier molecular flexibility index (Phi) is 2.12. The maximum absolute atomic E-state index is 3.48. The van der Waals surface area contributed by atoms with E-state index < -0.39 is 0 Å². The molecule has 1 fully saturated rings. The SMILES string of the molecule is Cc1ccc(C)c(C2NCC2C)c1. The van der Waals surface area contributed by atoms with E-state index in [1.54, 1.807) is 0 Å². The third-order valence-electron chi connectivity index (χ3n) is 3.00. The zero-order chi connectivity index (χ0) is 9.42. The minimum Gasteiger partial charge on any atom is -0.309 e. The largest absolute Gasteiger partial charge is 0.309 e. The average Bonchev–Trinajstić information content (AvgIpc) is 2.09. The van der Waals surface area contributed by atoms with E-state index in [1.807, 2.05) is 0 Å². The Morgan fingerprint density at radius 2 is 2.08 bits per heavy atom. The standard InChI is InChI=1S/C12H17N/c1-8-4-5-9(2)11(6-8)12-10(3)7-13-12/h4-6,10,12-13H,7H2,1-3H3. The van der Waals surface area contributed by atoms with Crippen LogP contribution in [0.5, 0.6) is 0 Å². The van der Waals surface area contributed by atoms with Gasteiger partial charge in [-0.15, -0.1) is 0 Å². The van der Waals surface area contributed by atoms with Crippen molar-refractivity contribution < 1.29 is 0 Å². The maximum Gasteiger partial charge on any atom is 0.0361 e. The first-order valence-electron chi connectivity index (χ1n) is 4.99. The molecule has 1 heterocycles.